The zero-order valence-corrected chi connectivity index (χ0v) is 13.3. The molecule has 118 valence electrons. The molecule has 2 rings (SSSR count). The average Bonchev–Trinajstić information content (AvgIpc) is 2.79. The van der Waals surface area contributed by atoms with Crippen LogP contribution in [0, 0.1) is 5.82 Å². The van der Waals surface area contributed by atoms with E-state index in [0.717, 1.165) is 18.5 Å². The van der Waals surface area contributed by atoms with Crippen LogP contribution < -0.4 is 10.2 Å². The molecular weight excluding hydrogens is 293 g/mol. The molecule has 1 aliphatic heterocycles. The van der Waals surface area contributed by atoms with Crippen molar-refractivity contribution in [1.82, 2.24) is 10.3 Å². The molecule has 1 N–H and O–H groups in total. The largest absolute Gasteiger partial charge is 0.355 e. The highest BCUT2D eigenvalue weighted by Gasteiger charge is 2.32. The number of pyridine rings is 1. The van der Waals surface area contributed by atoms with Crippen LogP contribution in [-0.4, -0.2) is 44.5 Å². The van der Waals surface area contributed by atoms with Crippen molar-refractivity contribution < 1.29 is 12.8 Å². The standard InChI is InChI=1S/C14H22FN3O2S/c1-3-5-16-8-11-7-12(15)9-17-14(11)18(2)13-4-6-21(19,20)10-13/h7,9,13,16H,3-6,8,10H2,1-2H3. The zero-order chi connectivity index (χ0) is 15.5. The average molecular weight is 315 g/mol. The Balaban J connectivity index is 2.17. The molecule has 0 aromatic carbocycles. The maximum absolute atomic E-state index is 13.4. The van der Waals surface area contributed by atoms with Crippen LogP contribution in [0.4, 0.5) is 10.2 Å². The van der Waals surface area contributed by atoms with Crippen molar-refractivity contribution in [2.75, 3.05) is 30.0 Å². The molecule has 1 fully saturated rings. The normalized spacial score (nSPS) is 20.6. The van der Waals surface area contributed by atoms with Gasteiger partial charge in [-0.3, -0.25) is 0 Å². The van der Waals surface area contributed by atoms with E-state index < -0.39 is 9.84 Å². The second-order valence-corrected chi connectivity index (χ2v) is 7.71. The van der Waals surface area contributed by atoms with Gasteiger partial charge in [0.2, 0.25) is 0 Å². The number of nitrogens with one attached hydrogen (secondary N) is 1. The summed E-state index contributed by atoms with van der Waals surface area (Å²) in [5, 5.41) is 3.23. The lowest BCUT2D eigenvalue weighted by atomic mass is 10.2. The van der Waals surface area contributed by atoms with E-state index in [-0.39, 0.29) is 23.4 Å². The van der Waals surface area contributed by atoms with Gasteiger partial charge in [-0.1, -0.05) is 6.92 Å². The van der Waals surface area contributed by atoms with Gasteiger partial charge in [0.15, 0.2) is 9.84 Å². The number of sulfone groups is 1. The van der Waals surface area contributed by atoms with Crippen LogP contribution in [0.25, 0.3) is 0 Å². The number of aromatic nitrogens is 1. The van der Waals surface area contributed by atoms with E-state index in [1.54, 1.807) is 0 Å². The summed E-state index contributed by atoms with van der Waals surface area (Å²) in [5.41, 5.74) is 0.759. The van der Waals surface area contributed by atoms with Gasteiger partial charge in [0.1, 0.15) is 11.6 Å². The summed E-state index contributed by atoms with van der Waals surface area (Å²) < 4.78 is 36.6. The third-order valence-electron chi connectivity index (χ3n) is 3.74. The summed E-state index contributed by atoms with van der Waals surface area (Å²) >= 11 is 0. The first-order valence-electron chi connectivity index (χ1n) is 7.21. The van der Waals surface area contributed by atoms with Gasteiger partial charge in [-0.25, -0.2) is 17.8 Å². The molecule has 0 bridgehead atoms. The topological polar surface area (TPSA) is 62.3 Å². The smallest absolute Gasteiger partial charge is 0.152 e. The van der Waals surface area contributed by atoms with Crippen LogP contribution in [0.2, 0.25) is 0 Å². The molecule has 21 heavy (non-hydrogen) atoms. The van der Waals surface area contributed by atoms with Crippen LogP contribution in [0.15, 0.2) is 12.3 Å². The molecule has 1 aromatic rings. The van der Waals surface area contributed by atoms with Crippen LogP contribution >= 0.6 is 0 Å². The molecule has 7 heteroatoms. The lowest BCUT2D eigenvalue weighted by Crippen LogP contribution is -2.34. The molecule has 1 aromatic heterocycles. The van der Waals surface area contributed by atoms with E-state index in [1.165, 1.54) is 12.3 Å². The Hall–Kier alpha value is -1.21. The first-order valence-corrected chi connectivity index (χ1v) is 9.03. The van der Waals surface area contributed by atoms with Crippen molar-refractivity contribution in [3.8, 4) is 0 Å². The minimum Gasteiger partial charge on any atom is -0.355 e. The van der Waals surface area contributed by atoms with Gasteiger partial charge < -0.3 is 10.2 Å². The summed E-state index contributed by atoms with van der Waals surface area (Å²) in [6.07, 6.45) is 2.77. The van der Waals surface area contributed by atoms with Crippen LogP contribution in [0.5, 0.6) is 0 Å². The monoisotopic (exact) mass is 315 g/mol. The van der Waals surface area contributed by atoms with E-state index in [0.29, 0.717) is 18.8 Å². The number of rotatable bonds is 6. The van der Waals surface area contributed by atoms with E-state index in [1.807, 2.05) is 11.9 Å². The zero-order valence-electron chi connectivity index (χ0n) is 12.5. The van der Waals surface area contributed by atoms with E-state index >= 15 is 0 Å². The Morgan fingerprint density at radius 3 is 2.90 bits per heavy atom. The lowest BCUT2D eigenvalue weighted by molar-refractivity contribution is 0.598. The number of hydrogen-bond acceptors (Lipinski definition) is 5. The maximum atomic E-state index is 13.4. The van der Waals surface area contributed by atoms with E-state index in [2.05, 4.69) is 17.2 Å². The Morgan fingerprint density at radius 1 is 1.52 bits per heavy atom. The molecule has 1 unspecified atom stereocenters. The number of nitrogens with zero attached hydrogens (tertiary/aromatic N) is 2. The second kappa shape index (κ2) is 6.70. The van der Waals surface area contributed by atoms with Crippen LogP contribution in [0.3, 0.4) is 0 Å². The summed E-state index contributed by atoms with van der Waals surface area (Å²) in [4.78, 5) is 6.03. The van der Waals surface area contributed by atoms with Gasteiger partial charge in [-0.05, 0) is 25.5 Å². The van der Waals surface area contributed by atoms with E-state index in [9.17, 15) is 12.8 Å². The Labute approximate surface area is 125 Å². The third kappa shape index (κ3) is 4.14. The molecule has 0 radical (unpaired) electrons. The van der Waals surface area contributed by atoms with Crippen molar-refractivity contribution >= 4 is 15.7 Å². The first kappa shape index (κ1) is 16.2. The summed E-state index contributed by atoms with van der Waals surface area (Å²) in [5.74, 6) is 0.637. The fourth-order valence-electron chi connectivity index (χ4n) is 2.58. The molecule has 0 amide bonds. The lowest BCUT2D eigenvalue weighted by Gasteiger charge is -2.26. The molecule has 5 nitrogen and oxygen atoms in total. The second-order valence-electron chi connectivity index (χ2n) is 5.48. The van der Waals surface area contributed by atoms with Crippen molar-refractivity contribution in [3.63, 3.8) is 0 Å². The van der Waals surface area contributed by atoms with Gasteiger partial charge in [0, 0.05) is 25.2 Å². The molecule has 1 aliphatic rings. The summed E-state index contributed by atoms with van der Waals surface area (Å²) in [6.45, 7) is 3.43. The number of anilines is 1. The first-order chi connectivity index (χ1) is 9.93. The number of halogens is 1. The minimum atomic E-state index is -2.95. The third-order valence-corrected chi connectivity index (χ3v) is 5.49. The highest BCUT2D eigenvalue weighted by Crippen LogP contribution is 2.24. The van der Waals surface area contributed by atoms with Gasteiger partial charge >= 0.3 is 0 Å². The predicted octanol–water partition coefficient (Wildman–Crippen LogP) is 1.34. The van der Waals surface area contributed by atoms with Crippen LogP contribution in [0.1, 0.15) is 25.3 Å². The maximum Gasteiger partial charge on any atom is 0.152 e. The number of hydrogen-bond donors (Lipinski definition) is 1. The molecular formula is C14H22FN3O2S. The Morgan fingerprint density at radius 2 is 2.29 bits per heavy atom. The van der Waals surface area contributed by atoms with Gasteiger partial charge in [0.25, 0.3) is 0 Å². The van der Waals surface area contributed by atoms with Gasteiger partial charge in [-0.2, -0.15) is 0 Å². The molecule has 0 aliphatic carbocycles. The summed E-state index contributed by atoms with van der Waals surface area (Å²) in [6, 6.07) is 1.38. The molecule has 0 spiro atoms. The minimum absolute atomic E-state index is 0.0853. The molecule has 1 atom stereocenters. The fourth-order valence-corrected chi connectivity index (χ4v) is 4.35. The highest BCUT2D eigenvalue weighted by atomic mass is 32.2. The van der Waals surface area contributed by atoms with Gasteiger partial charge in [0.05, 0.1) is 17.7 Å². The molecule has 0 saturated carbocycles. The Bertz CT molecular complexity index is 592. The van der Waals surface area contributed by atoms with Crippen molar-refractivity contribution in [3.05, 3.63) is 23.6 Å². The molecule has 2 heterocycles. The van der Waals surface area contributed by atoms with Crippen molar-refractivity contribution in [1.29, 1.82) is 0 Å². The highest BCUT2D eigenvalue weighted by molar-refractivity contribution is 7.91. The summed E-state index contributed by atoms with van der Waals surface area (Å²) in [7, 11) is -1.12. The Kier molecular flexibility index (Phi) is 5.16. The fraction of sp³-hybridized carbons (Fsp3) is 0.643. The van der Waals surface area contributed by atoms with Gasteiger partial charge in [-0.15, -0.1) is 0 Å². The molecule has 1 saturated heterocycles. The quantitative estimate of drug-likeness (QED) is 0.803. The van der Waals surface area contributed by atoms with Crippen molar-refractivity contribution in [2.24, 2.45) is 0 Å². The van der Waals surface area contributed by atoms with Crippen LogP contribution in [-0.2, 0) is 16.4 Å². The van der Waals surface area contributed by atoms with Crippen molar-refractivity contribution in [2.45, 2.75) is 32.4 Å². The predicted molar refractivity (Wildman–Crippen MR) is 81.7 cm³/mol. The van der Waals surface area contributed by atoms with E-state index in [4.69, 9.17) is 0 Å². The SMILES string of the molecule is CCCNCc1cc(F)cnc1N(C)C1CCS(=O)(=O)C1.